The maximum absolute atomic E-state index is 11.5. The van der Waals surface area contributed by atoms with Crippen LogP contribution in [0.3, 0.4) is 0 Å². The van der Waals surface area contributed by atoms with E-state index in [1.165, 1.54) is 0 Å². The second kappa shape index (κ2) is 5.64. The molecule has 0 aliphatic rings. The van der Waals surface area contributed by atoms with Crippen LogP contribution in [0.1, 0.15) is 19.2 Å². The lowest BCUT2D eigenvalue weighted by molar-refractivity contribution is -0.121. The van der Waals surface area contributed by atoms with Crippen LogP contribution in [0.5, 0.6) is 0 Å². The van der Waals surface area contributed by atoms with Crippen LogP contribution in [0.15, 0.2) is 24.3 Å². The van der Waals surface area contributed by atoms with Crippen molar-refractivity contribution in [1.82, 2.24) is 15.3 Å². The van der Waals surface area contributed by atoms with Crippen molar-refractivity contribution >= 4 is 16.9 Å². The van der Waals surface area contributed by atoms with Gasteiger partial charge in [0.2, 0.25) is 5.91 Å². The molecule has 0 saturated heterocycles. The normalized spacial score (nSPS) is 12.6. The first-order valence-electron chi connectivity index (χ1n) is 6.03. The number of aliphatic hydroxyl groups is 1. The molecule has 1 aromatic heterocycles. The molecule has 0 radical (unpaired) electrons. The zero-order valence-corrected chi connectivity index (χ0v) is 10.3. The van der Waals surface area contributed by atoms with Gasteiger partial charge in [-0.25, -0.2) is 4.98 Å². The number of amides is 1. The number of aryl methyl sites for hydroxylation is 1. The van der Waals surface area contributed by atoms with Gasteiger partial charge in [-0.15, -0.1) is 0 Å². The number of fused-ring (bicyclic) bond motifs is 1. The van der Waals surface area contributed by atoms with Crippen molar-refractivity contribution in [3.05, 3.63) is 30.1 Å². The molecule has 0 aliphatic carbocycles. The SMILES string of the molecule is C[C@@H](CO)NC(=O)CCc1nc2ccccc2[nH]1. The Bertz CT molecular complexity index is 503. The van der Waals surface area contributed by atoms with Crippen molar-refractivity contribution in [3.8, 4) is 0 Å². The number of rotatable bonds is 5. The highest BCUT2D eigenvalue weighted by Gasteiger charge is 2.08. The molecular weight excluding hydrogens is 230 g/mol. The van der Waals surface area contributed by atoms with Crippen LogP contribution in [0.25, 0.3) is 11.0 Å². The Labute approximate surface area is 105 Å². The first-order valence-corrected chi connectivity index (χ1v) is 6.03. The summed E-state index contributed by atoms with van der Waals surface area (Å²) in [5.41, 5.74) is 1.90. The van der Waals surface area contributed by atoms with Crippen molar-refractivity contribution < 1.29 is 9.90 Å². The van der Waals surface area contributed by atoms with Gasteiger partial charge in [0.15, 0.2) is 0 Å². The molecule has 1 atom stereocenters. The Kier molecular flexibility index (Phi) is 3.94. The number of carbonyl (C=O) groups is 1. The topological polar surface area (TPSA) is 78.0 Å². The Hall–Kier alpha value is -1.88. The maximum Gasteiger partial charge on any atom is 0.220 e. The summed E-state index contributed by atoms with van der Waals surface area (Å²) in [6.45, 7) is 1.72. The molecule has 0 saturated carbocycles. The van der Waals surface area contributed by atoms with E-state index in [2.05, 4.69) is 15.3 Å². The van der Waals surface area contributed by atoms with E-state index in [1.54, 1.807) is 6.92 Å². The van der Waals surface area contributed by atoms with Crippen molar-refractivity contribution in [2.45, 2.75) is 25.8 Å². The van der Waals surface area contributed by atoms with E-state index < -0.39 is 0 Å². The number of carbonyl (C=O) groups excluding carboxylic acids is 1. The van der Waals surface area contributed by atoms with Gasteiger partial charge in [0.1, 0.15) is 5.82 Å². The van der Waals surface area contributed by atoms with Crippen LogP contribution < -0.4 is 5.32 Å². The zero-order valence-electron chi connectivity index (χ0n) is 10.3. The molecule has 0 aliphatic heterocycles. The van der Waals surface area contributed by atoms with Crippen LogP contribution >= 0.6 is 0 Å². The molecule has 2 aromatic rings. The van der Waals surface area contributed by atoms with Gasteiger partial charge in [-0.05, 0) is 19.1 Å². The van der Waals surface area contributed by atoms with Gasteiger partial charge in [-0.2, -0.15) is 0 Å². The Balaban J connectivity index is 1.92. The lowest BCUT2D eigenvalue weighted by Gasteiger charge is -2.09. The van der Waals surface area contributed by atoms with E-state index in [1.807, 2.05) is 24.3 Å². The van der Waals surface area contributed by atoms with E-state index in [-0.39, 0.29) is 18.6 Å². The summed E-state index contributed by atoms with van der Waals surface area (Å²) in [5.74, 6) is 0.736. The minimum Gasteiger partial charge on any atom is -0.394 e. The second-order valence-electron chi connectivity index (χ2n) is 4.35. The zero-order chi connectivity index (χ0) is 13.0. The average Bonchev–Trinajstić information content (AvgIpc) is 2.79. The van der Waals surface area contributed by atoms with E-state index in [0.717, 1.165) is 16.9 Å². The standard InChI is InChI=1S/C13H17N3O2/c1-9(8-17)14-13(18)7-6-12-15-10-4-2-3-5-11(10)16-12/h2-5,9,17H,6-8H2,1H3,(H,14,18)(H,15,16)/t9-/m0/s1. The second-order valence-corrected chi connectivity index (χ2v) is 4.35. The van der Waals surface area contributed by atoms with E-state index in [4.69, 9.17) is 5.11 Å². The molecule has 1 heterocycles. The highest BCUT2D eigenvalue weighted by atomic mass is 16.3. The molecule has 18 heavy (non-hydrogen) atoms. The highest BCUT2D eigenvalue weighted by molar-refractivity contribution is 5.77. The molecule has 96 valence electrons. The van der Waals surface area contributed by atoms with Crippen molar-refractivity contribution in [2.75, 3.05) is 6.61 Å². The largest absolute Gasteiger partial charge is 0.394 e. The highest BCUT2D eigenvalue weighted by Crippen LogP contribution is 2.11. The van der Waals surface area contributed by atoms with Crippen LogP contribution in [0.4, 0.5) is 0 Å². The van der Waals surface area contributed by atoms with Crippen LogP contribution in [0.2, 0.25) is 0 Å². The van der Waals surface area contributed by atoms with Gasteiger partial charge >= 0.3 is 0 Å². The first-order chi connectivity index (χ1) is 8.69. The van der Waals surface area contributed by atoms with Crippen molar-refractivity contribution in [2.24, 2.45) is 0 Å². The Morgan fingerprint density at radius 2 is 2.28 bits per heavy atom. The van der Waals surface area contributed by atoms with Gasteiger partial charge in [-0.3, -0.25) is 4.79 Å². The minimum absolute atomic E-state index is 0.0453. The number of nitrogens with zero attached hydrogens (tertiary/aromatic N) is 1. The third-order valence-electron chi connectivity index (χ3n) is 2.71. The molecular formula is C13H17N3O2. The molecule has 0 unspecified atom stereocenters. The molecule has 0 fully saturated rings. The van der Waals surface area contributed by atoms with E-state index in [9.17, 15) is 4.79 Å². The molecule has 1 aromatic carbocycles. The predicted molar refractivity (Wildman–Crippen MR) is 69.1 cm³/mol. The first kappa shape index (κ1) is 12.6. The lowest BCUT2D eigenvalue weighted by Crippen LogP contribution is -2.35. The van der Waals surface area contributed by atoms with Gasteiger partial charge in [0, 0.05) is 18.9 Å². The number of imidazole rings is 1. The lowest BCUT2D eigenvalue weighted by atomic mass is 10.2. The summed E-state index contributed by atoms with van der Waals surface area (Å²) < 4.78 is 0. The number of aromatic nitrogens is 2. The van der Waals surface area contributed by atoms with Gasteiger partial charge in [-0.1, -0.05) is 12.1 Å². The smallest absolute Gasteiger partial charge is 0.220 e. The number of hydrogen-bond donors (Lipinski definition) is 3. The molecule has 5 nitrogen and oxygen atoms in total. The molecule has 5 heteroatoms. The monoisotopic (exact) mass is 247 g/mol. The fourth-order valence-electron chi connectivity index (χ4n) is 1.75. The fraction of sp³-hybridized carbons (Fsp3) is 0.385. The summed E-state index contributed by atoms with van der Waals surface area (Å²) in [6.07, 6.45) is 0.933. The van der Waals surface area contributed by atoms with Crippen LogP contribution in [0, 0.1) is 0 Å². The quantitative estimate of drug-likeness (QED) is 0.737. The van der Waals surface area contributed by atoms with E-state index >= 15 is 0 Å². The number of aliphatic hydroxyl groups excluding tert-OH is 1. The van der Waals surface area contributed by atoms with Crippen molar-refractivity contribution in [1.29, 1.82) is 0 Å². The Morgan fingerprint density at radius 1 is 1.50 bits per heavy atom. The number of para-hydroxylation sites is 2. The molecule has 3 N–H and O–H groups in total. The summed E-state index contributed by atoms with van der Waals surface area (Å²) >= 11 is 0. The molecule has 0 spiro atoms. The number of aromatic amines is 1. The van der Waals surface area contributed by atoms with E-state index in [0.29, 0.717) is 12.8 Å². The third-order valence-corrected chi connectivity index (χ3v) is 2.71. The van der Waals surface area contributed by atoms with Crippen LogP contribution in [-0.4, -0.2) is 33.6 Å². The summed E-state index contributed by atoms with van der Waals surface area (Å²) in [7, 11) is 0. The summed E-state index contributed by atoms with van der Waals surface area (Å²) in [5, 5.41) is 11.5. The fourth-order valence-corrected chi connectivity index (χ4v) is 1.75. The van der Waals surface area contributed by atoms with Crippen molar-refractivity contribution in [3.63, 3.8) is 0 Å². The van der Waals surface area contributed by atoms with Crippen LogP contribution in [-0.2, 0) is 11.2 Å². The Morgan fingerprint density at radius 3 is 3.00 bits per heavy atom. The minimum atomic E-state index is -0.201. The number of H-pyrrole nitrogens is 1. The predicted octanol–water partition coefficient (Wildman–Crippen LogP) is 0.992. The maximum atomic E-state index is 11.5. The number of hydrogen-bond acceptors (Lipinski definition) is 3. The molecule has 2 rings (SSSR count). The number of benzene rings is 1. The average molecular weight is 247 g/mol. The number of nitrogens with one attached hydrogen (secondary N) is 2. The molecule has 0 bridgehead atoms. The van der Waals surface area contributed by atoms with Gasteiger partial charge in [0.25, 0.3) is 0 Å². The van der Waals surface area contributed by atoms with Gasteiger partial charge in [0.05, 0.1) is 17.6 Å². The summed E-state index contributed by atoms with van der Waals surface area (Å²) in [6, 6.07) is 7.57. The van der Waals surface area contributed by atoms with Gasteiger partial charge < -0.3 is 15.4 Å². The third kappa shape index (κ3) is 3.07. The summed E-state index contributed by atoms with van der Waals surface area (Å²) in [4.78, 5) is 19.1. The molecule has 1 amide bonds.